The van der Waals surface area contributed by atoms with E-state index in [9.17, 15) is 9.59 Å². The van der Waals surface area contributed by atoms with Gasteiger partial charge in [0.25, 0.3) is 0 Å². The molecule has 27 heavy (non-hydrogen) atoms. The van der Waals surface area contributed by atoms with Gasteiger partial charge in [0.05, 0.1) is 0 Å². The fraction of sp³-hybridized carbons (Fsp3) is 0.333. The number of aryl methyl sites for hydroxylation is 1. The molecular formula is C21H24N2O4. The van der Waals surface area contributed by atoms with Gasteiger partial charge in [-0.1, -0.05) is 30.3 Å². The summed E-state index contributed by atoms with van der Waals surface area (Å²) in [4.78, 5) is 25.8. The number of carbonyl (C=O) groups is 2. The fourth-order valence-corrected chi connectivity index (χ4v) is 2.93. The number of nitrogens with zero attached hydrogens (tertiary/aromatic N) is 1. The van der Waals surface area contributed by atoms with E-state index < -0.39 is 0 Å². The molecule has 1 N–H and O–H groups in total. The van der Waals surface area contributed by atoms with Crippen molar-refractivity contribution >= 4 is 11.8 Å². The van der Waals surface area contributed by atoms with Gasteiger partial charge in [-0.05, 0) is 35.7 Å². The first-order chi connectivity index (χ1) is 13.0. The number of rotatable bonds is 7. The van der Waals surface area contributed by atoms with Crippen molar-refractivity contribution < 1.29 is 19.1 Å². The van der Waals surface area contributed by atoms with Crippen molar-refractivity contribution in [1.82, 2.24) is 10.2 Å². The molecule has 0 fully saturated rings. The van der Waals surface area contributed by atoms with Crippen molar-refractivity contribution in [3.05, 3.63) is 59.2 Å². The first kappa shape index (κ1) is 18.8. The highest BCUT2D eigenvalue weighted by Gasteiger charge is 2.16. The molecule has 1 aliphatic heterocycles. The number of carbonyl (C=O) groups excluding carboxylic acids is 2. The molecule has 0 aromatic heterocycles. The number of fused-ring (bicyclic) bond motifs is 1. The van der Waals surface area contributed by atoms with Crippen LogP contribution < -0.4 is 14.8 Å². The van der Waals surface area contributed by atoms with Crippen LogP contribution >= 0.6 is 0 Å². The molecule has 3 rings (SSSR count). The molecule has 0 saturated carbocycles. The van der Waals surface area contributed by atoms with E-state index in [1.165, 1.54) is 6.92 Å². The molecule has 142 valence electrons. The summed E-state index contributed by atoms with van der Waals surface area (Å²) in [7, 11) is 0. The predicted molar refractivity (Wildman–Crippen MR) is 101 cm³/mol. The van der Waals surface area contributed by atoms with Gasteiger partial charge < -0.3 is 19.7 Å². The predicted octanol–water partition coefficient (Wildman–Crippen LogP) is 2.78. The second-order valence-corrected chi connectivity index (χ2v) is 6.58. The second-order valence-electron chi connectivity index (χ2n) is 6.58. The number of nitrogens with one attached hydrogen (secondary N) is 1. The standard InChI is InChI=1S/C21H24N2O4/c1-15-5-3-4-6-18(15)12-22-21(25)9-10-23(16(2)24)13-17-7-8-19-20(11-17)27-14-26-19/h3-8,11H,9-10,12-14H2,1-2H3,(H,22,25). The van der Waals surface area contributed by atoms with Crippen molar-refractivity contribution in [2.24, 2.45) is 0 Å². The van der Waals surface area contributed by atoms with Crippen LogP contribution in [-0.4, -0.2) is 30.1 Å². The summed E-state index contributed by atoms with van der Waals surface area (Å²) < 4.78 is 10.7. The lowest BCUT2D eigenvalue weighted by molar-refractivity contribution is -0.130. The summed E-state index contributed by atoms with van der Waals surface area (Å²) in [6, 6.07) is 13.6. The highest BCUT2D eigenvalue weighted by atomic mass is 16.7. The van der Waals surface area contributed by atoms with Crippen LogP contribution in [0.15, 0.2) is 42.5 Å². The molecular weight excluding hydrogens is 344 g/mol. The molecule has 0 saturated heterocycles. The van der Waals surface area contributed by atoms with E-state index in [4.69, 9.17) is 9.47 Å². The van der Waals surface area contributed by atoms with Gasteiger partial charge in [-0.15, -0.1) is 0 Å². The molecule has 1 aliphatic rings. The molecule has 0 radical (unpaired) electrons. The lowest BCUT2D eigenvalue weighted by Crippen LogP contribution is -2.33. The number of hydrogen-bond acceptors (Lipinski definition) is 4. The normalized spacial score (nSPS) is 11.9. The molecule has 6 heteroatoms. The molecule has 2 aromatic rings. The smallest absolute Gasteiger partial charge is 0.231 e. The topological polar surface area (TPSA) is 67.9 Å². The van der Waals surface area contributed by atoms with E-state index in [1.54, 1.807) is 4.90 Å². The van der Waals surface area contributed by atoms with E-state index in [-0.39, 0.29) is 25.0 Å². The molecule has 0 unspecified atom stereocenters. The third kappa shape index (κ3) is 5.00. The SMILES string of the molecule is CC(=O)N(CCC(=O)NCc1ccccc1C)Cc1ccc2c(c1)OCO2. The summed E-state index contributed by atoms with van der Waals surface area (Å²) in [6.45, 7) is 5.03. The summed E-state index contributed by atoms with van der Waals surface area (Å²) in [6.07, 6.45) is 0.260. The highest BCUT2D eigenvalue weighted by molar-refractivity contribution is 5.78. The zero-order valence-electron chi connectivity index (χ0n) is 15.7. The van der Waals surface area contributed by atoms with Crippen LogP contribution in [0.25, 0.3) is 0 Å². The molecule has 0 atom stereocenters. The van der Waals surface area contributed by atoms with Crippen molar-refractivity contribution in [1.29, 1.82) is 0 Å². The van der Waals surface area contributed by atoms with E-state index in [2.05, 4.69) is 5.32 Å². The Kier molecular flexibility index (Phi) is 5.96. The highest BCUT2D eigenvalue weighted by Crippen LogP contribution is 2.32. The van der Waals surface area contributed by atoms with Gasteiger partial charge in [0.1, 0.15) is 0 Å². The molecule has 0 aliphatic carbocycles. The zero-order chi connectivity index (χ0) is 19.2. The Morgan fingerprint density at radius 1 is 1.11 bits per heavy atom. The Bertz CT molecular complexity index is 835. The van der Waals surface area contributed by atoms with E-state index in [1.807, 2.05) is 49.4 Å². The van der Waals surface area contributed by atoms with Crippen molar-refractivity contribution in [2.45, 2.75) is 33.4 Å². The van der Waals surface area contributed by atoms with E-state index >= 15 is 0 Å². The maximum atomic E-state index is 12.2. The summed E-state index contributed by atoms with van der Waals surface area (Å²) in [5.41, 5.74) is 3.18. The number of benzene rings is 2. The van der Waals surface area contributed by atoms with Crippen LogP contribution in [0.4, 0.5) is 0 Å². The maximum absolute atomic E-state index is 12.2. The van der Waals surface area contributed by atoms with E-state index in [0.717, 1.165) is 16.7 Å². The molecule has 0 spiro atoms. The van der Waals surface area contributed by atoms with Gasteiger partial charge in [-0.25, -0.2) is 0 Å². The quantitative estimate of drug-likeness (QED) is 0.816. The summed E-state index contributed by atoms with van der Waals surface area (Å²) in [5, 5.41) is 2.92. The van der Waals surface area contributed by atoms with Gasteiger partial charge in [0.2, 0.25) is 18.6 Å². The largest absolute Gasteiger partial charge is 0.454 e. The minimum absolute atomic E-state index is 0.0700. The van der Waals surface area contributed by atoms with Crippen LogP contribution in [0, 0.1) is 6.92 Å². The van der Waals surface area contributed by atoms with Gasteiger partial charge >= 0.3 is 0 Å². The van der Waals surface area contributed by atoms with Crippen LogP contribution in [-0.2, 0) is 22.7 Å². The average molecular weight is 368 g/mol. The molecule has 1 heterocycles. The van der Waals surface area contributed by atoms with E-state index in [0.29, 0.717) is 31.1 Å². The number of amides is 2. The van der Waals surface area contributed by atoms with Crippen molar-refractivity contribution in [3.63, 3.8) is 0 Å². The zero-order valence-corrected chi connectivity index (χ0v) is 15.7. The Morgan fingerprint density at radius 2 is 1.89 bits per heavy atom. The summed E-state index contributed by atoms with van der Waals surface area (Å²) >= 11 is 0. The second kappa shape index (κ2) is 8.58. The molecule has 6 nitrogen and oxygen atoms in total. The van der Waals surface area contributed by atoms with Crippen LogP contribution in [0.2, 0.25) is 0 Å². The lowest BCUT2D eigenvalue weighted by atomic mass is 10.1. The maximum Gasteiger partial charge on any atom is 0.231 e. The minimum atomic E-state index is -0.0739. The minimum Gasteiger partial charge on any atom is -0.454 e. The fourth-order valence-electron chi connectivity index (χ4n) is 2.93. The Balaban J connectivity index is 1.51. The first-order valence-electron chi connectivity index (χ1n) is 8.98. The summed E-state index contributed by atoms with van der Waals surface area (Å²) in [5.74, 6) is 1.25. The Hall–Kier alpha value is -3.02. The van der Waals surface area contributed by atoms with Gasteiger partial charge in [0.15, 0.2) is 11.5 Å². The third-order valence-electron chi connectivity index (χ3n) is 4.60. The number of hydrogen-bond donors (Lipinski definition) is 1. The molecule has 0 bridgehead atoms. The van der Waals surface area contributed by atoms with Crippen LogP contribution in [0.3, 0.4) is 0 Å². The lowest BCUT2D eigenvalue weighted by Gasteiger charge is -2.21. The molecule has 2 aromatic carbocycles. The third-order valence-corrected chi connectivity index (χ3v) is 4.60. The van der Waals surface area contributed by atoms with Gasteiger partial charge in [-0.2, -0.15) is 0 Å². The van der Waals surface area contributed by atoms with Gasteiger partial charge in [-0.3, -0.25) is 9.59 Å². The Labute approximate surface area is 159 Å². The van der Waals surface area contributed by atoms with Gasteiger partial charge in [0, 0.05) is 33.0 Å². The monoisotopic (exact) mass is 368 g/mol. The first-order valence-corrected chi connectivity index (χ1v) is 8.98. The van der Waals surface area contributed by atoms with Crippen LogP contribution in [0.1, 0.15) is 30.0 Å². The Morgan fingerprint density at radius 3 is 2.67 bits per heavy atom. The number of ether oxygens (including phenoxy) is 2. The van der Waals surface area contributed by atoms with Crippen molar-refractivity contribution in [3.8, 4) is 11.5 Å². The van der Waals surface area contributed by atoms with Crippen LogP contribution in [0.5, 0.6) is 11.5 Å². The average Bonchev–Trinajstić information content (AvgIpc) is 3.12. The molecule has 2 amide bonds. The van der Waals surface area contributed by atoms with Crippen molar-refractivity contribution in [2.75, 3.05) is 13.3 Å².